The summed E-state index contributed by atoms with van der Waals surface area (Å²) >= 11 is 0. The Balaban J connectivity index is 2.55. The predicted octanol–water partition coefficient (Wildman–Crippen LogP) is -3.81. The zero-order chi connectivity index (χ0) is 15.1. The van der Waals surface area contributed by atoms with Gasteiger partial charge in [0.2, 0.25) is 11.8 Å². The third-order valence-electron chi connectivity index (χ3n) is 2.60. The molecule has 0 aliphatic carbocycles. The average Bonchev–Trinajstić information content (AvgIpc) is 2.75. The van der Waals surface area contributed by atoms with Gasteiger partial charge < -0.3 is 0 Å². The van der Waals surface area contributed by atoms with Gasteiger partial charge in [-0.1, -0.05) is 0 Å². The van der Waals surface area contributed by atoms with Gasteiger partial charge in [0.15, 0.2) is 0 Å². The summed E-state index contributed by atoms with van der Waals surface area (Å²) in [4.78, 5) is 47.6. The predicted molar refractivity (Wildman–Crippen MR) is 67.0 cm³/mol. The second kappa shape index (κ2) is 7.33. The van der Waals surface area contributed by atoms with Gasteiger partial charge in [0.05, 0.1) is 13.1 Å². The van der Waals surface area contributed by atoms with Crippen LogP contribution >= 0.6 is 0 Å². The molecule has 0 radical (unpaired) electrons. The van der Waals surface area contributed by atoms with Crippen molar-refractivity contribution in [2.24, 2.45) is 11.7 Å². The molecule has 0 saturated heterocycles. The van der Waals surface area contributed by atoms with Crippen LogP contribution in [-0.4, -0.2) is 59.6 Å². The highest BCUT2D eigenvalue weighted by Gasteiger charge is 2.24. The molecule has 20 heavy (non-hydrogen) atoms. The molecule has 1 aliphatic rings. The van der Waals surface area contributed by atoms with Crippen LogP contribution in [0.5, 0.6) is 0 Å². The first-order valence-electron chi connectivity index (χ1n) is 5.72. The van der Waals surface area contributed by atoms with E-state index >= 15 is 0 Å². The second-order valence-corrected chi connectivity index (χ2v) is 4.01. The third-order valence-corrected chi connectivity index (χ3v) is 2.60. The van der Waals surface area contributed by atoms with Crippen LogP contribution in [0, 0.1) is 0 Å². The normalized spacial score (nSPS) is 14.1. The number of amides is 4. The quantitative estimate of drug-likeness (QED) is 0.162. The van der Waals surface area contributed by atoms with Gasteiger partial charge in [-0.25, -0.2) is 11.7 Å². The van der Waals surface area contributed by atoms with E-state index in [0.717, 1.165) is 17.1 Å². The Morgan fingerprint density at radius 2 is 1.50 bits per heavy atom. The Labute approximate surface area is 114 Å². The number of hydrogen-bond acceptors (Lipinski definition) is 7. The molecule has 0 aromatic heterocycles. The highest BCUT2D eigenvalue weighted by atomic mass is 16.2. The summed E-state index contributed by atoms with van der Waals surface area (Å²) in [5, 5.41) is 0. The van der Waals surface area contributed by atoms with E-state index in [9.17, 15) is 19.2 Å². The van der Waals surface area contributed by atoms with Crippen LogP contribution in [0.2, 0.25) is 0 Å². The van der Waals surface area contributed by atoms with E-state index in [1.165, 1.54) is 4.90 Å². The smallest absolute Gasteiger partial charge is 0.253 e. The van der Waals surface area contributed by atoms with Crippen molar-refractivity contribution in [2.75, 3.05) is 26.2 Å². The molecule has 0 saturated carbocycles. The van der Waals surface area contributed by atoms with Crippen molar-refractivity contribution in [1.82, 2.24) is 20.7 Å². The number of hydrazine groups is 2. The molecule has 0 atom stereocenters. The molecular weight excluding hydrogens is 268 g/mol. The standard InChI is InChI=1S/C10H16N6O4/c11-13-7(17)5-15(6-8(18)14-12)3-4-16-9(19)1-2-10(16)20/h1-2H,3-6,11-12H2,(H,13,17)(H,14,18). The lowest BCUT2D eigenvalue weighted by atomic mass is 10.4. The fourth-order valence-electron chi connectivity index (χ4n) is 1.60. The van der Waals surface area contributed by atoms with Gasteiger partial charge >= 0.3 is 0 Å². The van der Waals surface area contributed by atoms with Gasteiger partial charge in [0, 0.05) is 25.2 Å². The molecule has 1 aliphatic heterocycles. The summed E-state index contributed by atoms with van der Waals surface area (Å²) in [6.45, 7) is -0.124. The minimum atomic E-state index is -0.507. The zero-order valence-corrected chi connectivity index (χ0v) is 10.7. The van der Waals surface area contributed by atoms with Crippen LogP contribution < -0.4 is 22.5 Å². The molecule has 1 heterocycles. The molecule has 0 spiro atoms. The Morgan fingerprint density at radius 1 is 1.05 bits per heavy atom. The minimum Gasteiger partial charge on any atom is -0.293 e. The zero-order valence-electron chi connectivity index (χ0n) is 10.7. The molecule has 0 bridgehead atoms. The first-order chi connectivity index (χ1) is 9.47. The summed E-state index contributed by atoms with van der Waals surface area (Å²) in [7, 11) is 0. The molecule has 0 unspecified atom stereocenters. The van der Waals surface area contributed by atoms with E-state index in [1.807, 2.05) is 10.9 Å². The van der Waals surface area contributed by atoms with E-state index in [2.05, 4.69) is 0 Å². The number of nitrogens with one attached hydrogen (secondary N) is 2. The molecule has 1 rings (SSSR count). The van der Waals surface area contributed by atoms with Crippen LogP contribution in [0.25, 0.3) is 0 Å². The molecule has 6 N–H and O–H groups in total. The lowest BCUT2D eigenvalue weighted by Gasteiger charge is -2.23. The number of rotatable bonds is 7. The fraction of sp³-hybridized carbons (Fsp3) is 0.400. The van der Waals surface area contributed by atoms with Crippen molar-refractivity contribution in [2.45, 2.75) is 0 Å². The van der Waals surface area contributed by atoms with Crippen molar-refractivity contribution >= 4 is 23.6 Å². The minimum absolute atomic E-state index is 0.0559. The Kier molecular flexibility index (Phi) is 5.77. The maximum Gasteiger partial charge on any atom is 0.253 e. The number of carbonyl (C=O) groups excluding carboxylic acids is 4. The molecular formula is C10H16N6O4. The number of nitrogens with zero attached hydrogens (tertiary/aromatic N) is 2. The number of carbonyl (C=O) groups is 4. The highest BCUT2D eigenvalue weighted by Crippen LogP contribution is 2.03. The van der Waals surface area contributed by atoms with Crippen LogP contribution in [0.1, 0.15) is 0 Å². The number of hydrogen-bond donors (Lipinski definition) is 4. The summed E-state index contributed by atoms with van der Waals surface area (Å²) in [6.07, 6.45) is 2.32. The molecule has 10 nitrogen and oxygen atoms in total. The average molecular weight is 284 g/mol. The first-order valence-corrected chi connectivity index (χ1v) is 5.72. The Hall–Kier alpha value is -2.30. The van der Waals surface area contributed by atoms with Gasteiger partial charge in [0.1, 0.15) is 0 Å². The molecule has 110 valence electrons. The van der Waals surface area contributed by atoms with E-state index in [0.29, 0.717) is 0 Å². The van der Waals surface area contributed by atoms with Gasteiger partial charge in [-0.2, -0.15) is 0 Å². The molecule has 0 aromatic rings. The van der Waals surface area contributed by atoms with Gasteiger partial charge in [-0.3, -0.25) is 39.8 Å². The van der Waals surface area contributed by atoms with E-state index < -0.39 is 23.6 Å². The van der Waals surface area contributed by atoms with E-state index in [-0.39, 0.29) is 26.2 Å². The summed E-state index contributed by atoms with van der Waals surface area (Å²) < 4.78 is 0. The number of nitrogens with two attached hydrogens (primary N) is 2. The van der Waals surface area contributed by atoms with Gasteiger partial charge in [-0.05, 0) is 0 Å². The Bertz CT molecular complexity index is 413. The van der Waals surface area contributed by atoms with E-state index in [1.54, 1.807) is 0 Å². The third kappa shape index (κ3) is 4.42. The topological polar surface area (TPSA) is 151 Å². The summed E-state index contributed by atoms with van der Waals surface area (Å²) in [5.74, 6) is 8.06. The molecule has 0 aromatic carbocycles. The maximum atomic E-state index is 11.4. The highest BCUT2D eigenvalue weighted by molar-refractivity contribution is 6.12. The summed E-state index contributed by atoms with van der Waals surface area (Å²) in [6, 6.07) is 0. The maximum absolute atomic E-state index is 11.4. The second-order valence-electron chi connectivity index (χ2n) is 4.01. The molecule has 0 fully saturated rings. The summed E-state index contributed by atoms with van der Waals surface area (Å²) in [5.41, 5.74) is 3.86. The van der Waals surface area contributed by atoms with Crippen molar-refractivity contribution in [1.29, 1.82) is 0 Å². The molecule has 10 heteroatoms. The molecule has 4 amide bonds. The first kappa shape index (κ1) is 15.8. The van der Waals surface area contributed by atoms with Crippen LogP contribution in [0.15, 0.2) is 12.2 Å². The van der Waals surface area contributed by atoms with Gasteiger partial charge in [-0.15, -0.1) is 0 Å². The van der Waals surface area contributed by atoms with Crippen molar-refractivity contribution in [3.8, 4) is 0 Å². The van der Waals surface area contributed by atoms with Crippen LogP contribution in [0.3, 0.4) is 0 Å². The van der Waals surface area contributed by atoms with Crippen molar-refractivity contribution in [3.05, 3.63) is 12.2 Å². The Morgan fingerprint density at radius 3 is 1.90 bits per heavy atom. The lowest BCUT2D eigenvalue weighted by Crippen LogP contribution is -2.48. The number of imide groups is 1. The largest absolute Gasteiger partial charge is 0.293 e. The van der Waals surface area contributed by atoms with Crippen LogP contribution in [0.4, 0.5) is 0 Å². The fourth-order valence-corrected chi connectivity index (χ4v) is 1.60. The van der Waals surface area contributed by atoms with Gasteiger partial charge in [0.25, 0.3) is 11.8 Å². The monoisotopic (exact) mass is 284 g/mol. The SMILES string of the molecule is NNC(=O)CN(CCN1C(=O)C=CC1=O)CC(=O)NN. The van der Waals surface area contributed by atoms with Crippen molar-refractivity contribution in [3.63, 3.8) is 0 Å². The van der Waals surface area contributed by atoms with E-state index in [4.69, 9.17) is 11.7 Å². The van der Waals surface area contributed by atoms with Crippen LogP contribution in [-0.2, 0) is 19.2 Å². The lowest BCUT2D eigenvalue weighted by molar-refractivity contribution is -0.136. The van der Waals surface area contributed by atoms with Crippen molar-refractivity contribution < 1.29 is 19.2 Å².